The topological polar surface area (TPSA) is 82.1 Å². The van der Waals surface area contributed by atoms with Crippen LogP contribution in [0.1, 0.15) is 29.6 Å². The molecule has 0 aliphatic carbocycles. The van der Waals surface area contributed by atoms with E-state index in [1.165, 1.54) is 6.33 Å². The van der Waals surface area contributed by atoms with Crippen molar-refractivity contribution in [1.29, 1.82) is 0 Å². The van der Waals surface area contributed by atoms with Crippen molar-refractivity contribution in [2.75, 3.05) is 13.1 Å². The highest BCUT2D eigenvalue weighted by atomic mass is 16.3. The first-order valence-electron chi connectivity index (χ1n) is 7.17. The Balaban J connectivity index is 1.80. The molecule has 1 saturated heterocycles. The summed E-state index contributed by atoms with van der Waals surface area (Å²) in [5.74, 6) is 0.654. The maximum absolute atomic E-state index is 12.6. The second-order valence-electron chi connectivity index (χ2n) is 5.29. The molecule has 1 atom stereocenters. The van der Waals surface area contributed by atoms with Gasteiger partial charge in [-0.25, -0.2) is 4.98 Å². The van der Waals surface area contributed by atoms with Gasteiger partial charge in [-0.3, -0.25) is 9.89 Å². The lowest BCUT2D eigenvalue weighted by molar-refractivity contribution is 0.0753. The second kappa shape index (κ2) is 6.05. The van der Waals surface area contributed by atoms with Crippen molar-refractivity contribution in [2.24, 2.45) is 0 Å². The molecular weight excluding hydrogens is 268 g/mol. The number of amides is 1. The van der Waals surface area contributed by atoms with Gasteiger partial charge in [-0.1, -0.05) is 12.1 Å². The number of H-pyrrole nitrogens is 1. The summed E-state index contributed by atoms with van der Waals surface area (Å²) < 4.78 is 0. The minimum absolute atomic E-state index is 0.00506. The molecule has 0 radical (unpaired) electrons. The highest BCUT2D eigenvalue weighted by molar-refractivity contribution is 5.95. The van der Waals surface area contributed by atoms with Crippen LogP contribution in [-0.4, -0.2) is 50.3 Å². The Hall–Kier alpha value is -2.21. The van der Waals surface area contributed by atoms with Crippen molar-refractivity contribution in [1.82, 2.24) is 20.1 Å². The van der Waals surface area contributed by atoms with Crippen molar-refractivity contribution >= 4 is 5.91 Å². The molecule has 1 fully saturated rings. The molecule has 2 aromatic rings. The molecule has 2 N–H and O–H groups in total. The van der Waals surface area contributed by atoms with Gasteiger partial charge >= 0.3 is 0 Å². The Morgan fingerprint density at radius 3 is 3.05 bits per heavy atom. The van der Waals surface area contributed by atoms with E-state index in [2.05, 4.69) is 15.2 Å². The number of aromatic amines is 1. The Labute approximate surface area is 122 Å². The third kappa shape index (κ3) is 3.11. The number of benzene rings is 1. The zero-order chi connectivity index (χ0) is 14.7. The number of rotatable bonds is 2. The Morgan fingerprint density at radius 2 is 2.24 bits per heavy atom. The maximum Gasteiger partial charge on any atom is 0.253 e. The van der Waals surface area contributed by atoms with Gasteiger partial charge in [0.05, 0.1) is 6.10 Å². The van der Waals surface area contributed by atoms with Gasteiger partial charge in [-0.2, -0.15) is 5.10 Å². The van der Waals surface area contributed by atoms with E-state index in [4.69, 9.17) is 0 Å². The summed E-state index contributed by atoms with van der Waals surface area (Å²) in [7, 11) is 0. The van der Waals surface area contributed by atoms with E-state index in [0.29, 0.717) is 30.9 Å². The van der Waals surface area contributed by atoms with Gasteiger partial charge in [0.2, 0.25) is 0 Å². The SMILES string of the molecule is O=C(c1cccc(-c2ncn[nH]2)c1)N1CCCC(O)CC1. The minimum Gasteiger partial charge on any atom is -0.393 e. The van der Waals surface area contributed by atoms with Crippen molar-refractivity contribution in [3.63, 3.8) is 0 Å². The minimum atomic E-state index is -0.289. The third-order valence-electron chi connectivity index (χ3n) is 3.78. The van der Waals surface area contributed by atoms with Gasteiger partial charge < -0.3 is 10.0 Å². The number of nitrogens with one attached hydrogen (secondary N) is 1. The molecule has 1 aliphatic heterocycles. The molecule has 6 nitrogen and oxygen atoms in total. The first-order valence-corrected chi connectivity index (χ1v) is 7.17. The van der Waals surface area contributed by atoms with Crippen LogP contribution in [0.2, 0.25) is 0 Å². The molecule has 2 heterocycles. The van der Waals surface area contributed by atoms with E-state index in [-0.39, 0.29) is 12.0 Å². The summed E-state index contributed by atoms with van der Waals surface area (Å²) in [5, 5.41) is 16.3. The summed E-state index contributed by atoms with van der Waals surface area (Å²) >= 11 is 0. The highest BCUT2D eigenvalue weighted by Gasteiger charge is 2.20. The Kier molecular flexibility index (Phi) is 3.96. The number of carbonyl (C=O) groups excluding carboxylic acids is 1. The standard InChI is InChI=1S/C15H18N4O2/c20-13-5-2-7-19(8-6-13)15(21)12-4-1-3-11(9-12)14-16-10-17-18-14/h1,3-4,9-10,13,20H,2,5-8H2,(H,16,17,18). The van der Waals surface area contributed by atoms with Crippen LogP contribution < -0.4 is 0 Å². The lowest BCUT2D eigenvalue weighted by Gasteiger charge is -2.20. The molecule has 1 aliphatic rings. The lowest BCUT2D eigenvalue weighted by Crippen LogP contribution is -2.32. The molecule has 6 heteroatoms. The van der Waals surface area contributed by atoms with E-state index >= 15 is 0 Å². The number of hydrogen-bond donors (Lipinski definition) is 2. The summed E-state index contributed by atoms with van der Waals surface area (Å²) in [5.41, 5.74) is 1.48. The number of aliphatic hydroxyl groups excluding tert-OH is 1. The molecule has 0 saturated carbocycles. The van der Waals surface area contributed by atoms with Crippen LogP contribution in [0.4, 0.5) is 0 Å². The zero-order valence-electron chi connectivity index (χ0n) is 11.7. The fourth-order valence-corrected chi connectivity index (χ4v) is 2.61. The van der Waals surface area contributed by atoms with Crippen LogP contribution in [0.3, 0.4) is 0 Å². The van der Waals surface area contributed by atoms with Crippen molar-refractivity contribution < 1.29 is 9.90 Å². The van der Waals surface area contributed by atoms with Crippen LogP contribution in [0.25, 0.3) is 11.4 Å². The third-order valence-corrected chi connectivity index (χ3v) is 3.78. The van der Waals surface area contributed by atoms with Crippen molar-refractivity contribution in [3.05, 3.63) is 36.2 Å². The quantitative estimate of drug-likeness (QED) is 0.875. The fourth-order valence-electron chi connectivity index (χ4n) is 2.61. The molecule has 1 aromatic heterocycles. The second-order valence-corrected chi connectivity index (χ2v) is 5.29. The van der Waals surface area contributed by atoms with Gasteiger partial charge in [-0.05, 0) is 31.4 Å². The van der Waals surface area contributed by atoms with E-state index in [0.717, 1.165) is 18.4 Å². The number of likely N-dealkylation sites (tertiary alicyclic amines) is 1. The summed E-state index contributed by atoms with van der Waals surface area (Å²) in [6.07, 6.45) is 3.41. The molecule has 0 bridgehead atoms. The molecule has 1 amide bonds. The van der Waals surface area contributed by atoms with Crippen LogP contribution in [-0.2, 0) is 0 Å². The van der Waals surface area contributed by atoms with Crippen molar-refractivity contribution in [2.45, 2.75) is 25.4 Å². The Bertz CT molecular complexity index is 612. The number of aliphatic hydroxyl groups is 1. The smallest absolute Gasteiger partial charge is 0.253 e. The first kappa shape index (κ1) is 13.8. The van der Waals surface area contributed by atoms with E-state index in [9.17, 15) is 9.90 Å². The number of nitrogens with zero attached hydrogens (tertiary/aromatic N) is 3. The molecule has 21 heavy (non-hydrogen) atoms. The number of hydrogen-bond acceptors (Lipinski definition) is 4. The molecule has 110 valence electrons. The molecule has 1 unspecified atom stereocenters. The summed E-state index contributed by atoms with van der Waals surface area (Å²) in [6.45, 7) is 1.30. The Morgan fingerprint density at radius 1 is 1.33 bits per heavy atom. The average Bonchev–Trinajstić information content (AvgIpc) is 2.96. The average molecular weight is 286 g/mol. The fraction of sp³-hybridized carbons (Fsp3) is 0.400. The maximum atomic E-state index is 12.6. The van der Waals surface area contributed by atoms with Crippen LogP contribution >= 0.6 is 0 Å². The largest absolute Gasteiger partial charge is 0.393 e. The van der Waals surface area contributed by atoms with Gasteiger partial charge in [0.1, 0.15) is 6.33 Å². The van der Waals surface area contributed by atoms with Gasteiger partial charge in [0.25, 0.3) is 5.91 Å². The predicted octanol–water partition coefficient (Wildman–Crippen LogP) is 1.46. The first-order chi connectivity index (χ1) is 10.2. The molecule has 3 rings (SSSR count). The number of carbonyl (C=O) groups is 1. The van der Waals surface area contributed by atoms with Gasteiger partial charge in [0.15, 0.2) is 5.82 Å². The summed E-state index contributed by atoms with van der Waals surface area (Å²) in [4.78, 5) is 18.5. The van der Waals surface area contributed by atoms with Crippen LogP contribution in [0.5, 0.6) is 0 Å². The molecular formula is C15H18N4O2. The predicted molar refractivity (Wildman–Crippen MR) is 77.6 cm³/mol. The van der Waals surface area contributed by atoms with E-state index in [1.807, 2.05) is 29.2 Å². The van der Waals surface area contributed by atoms with Crippen LogP contribution in [0, 0.1) is 0 Å². The van der Waals surface area contributed by atoms with Gasteiger partial charge in [0, 0.05) is 24.2 Å². The highest BCUT2D eigenvalue weighted by Crippen LogP contribution is 2.18. The lowest BCUT2D eigenvalue weighted by atomic mass is 10.1. The van der Waals surface area contributed by atoms with Crippen LogP contribution in [0.15, 0.2) is 30.6 Å². The monoisotopic (exact) mass is 286 g/mol. The van der Waals surface area contributed by atoms with E-state index < -0.39 is 0 Å². The van der Waals surface area contributed by atoms with E-state index in [1.54, 1.807) is 0 Å². The zero-order valence-corrected chi connectivity index (χ0v) is 11.7. The van der Waals surface area contributed by atoms with Crippen molar-refractivity contribution in [3.8, 4) is 11.4 Å². The molecule has 1 aromatic carbocycles. The molecule has 0 spiro atoms. The van der Waals surface area contributed by atoms with Gasteiger partial charge in [-0.15, -0.1) is 0 Å². The number of aromatic nitrogens is 3. The summed E-state index contributed by atoms with van der Waals surface area (Å²) in [6, 6.07) is 7.37. The normalized spacial score (nSPS) is 19.3.